The van der Waals surface area contributed by atoms with Crippen LogP contribution in [-0.2, 0) is 22.5 Å². The molecular weight excluding hydrogens is 318 g/mol. The number of likely N-dealkylation sites (tertiary alicyclic amines) is 1. The number of rotatable bonds is 1. The predicted molar refractivity (Wildman–Crippen MR) is 93.1 cm³/mol. The maximum atomic E-state index is 12.6. The second-order valence-electron chi connectivity index (χ2n) is 7.73. The molecule has 0 radical (unpaired) electrons. The number of aromatic nitrogens is 3. The van der Waals surface area contributed by atoms with Crippen LogP contribution in [0.5, 0.6) is 0 Å². The van der Waals surface area contributed by atoms with E-state index in [9.17, 15) is 4.79 Å². The van der Waals surface area contributed by atoms with Crippen LogP contribution in [0.2, 0.25) is 0 Å². The molecule has 1 aromatic carbocycles. The van der Waals surface area contributed by atoms with Gasteiger partial charge in [0.2, 0.25) is 5.95 Å². The second kappa shape index (κ2) is 5.56. The topological polar surface area (TPSA) is 72.3 Å². The molecule has 25 heavy (non-hydrogen) atoms. The first kappa shape index (κ1) is 16.1. The van der Waals surface area contributed by atoms with Crippen LogP contribution in [0.25, 0.3) is 0 Å². The lowest BCUT2D eigenvalue weighted by Gasteiger charge is -2.24. The highest BCUT2D eigenvalue weighted by Gasteiger charge is 2.46. The zero-order valence-electron chi connectivity index (χ0n) is 14.8. The molecule has 4 rings (SSSR count). The van der Waals surface area contributed by atoms with Crippen LogP contribution >= 0.6 is 0 Å². The van der Waals surface area contributed by atoms with Gasteiger partial charge in [0.15, 0.2) is 0 Å². The van der Waals surface area contributed by atoms with Crippen LogP contribution in [0, 0.1) is 0 Å². The summed E-state index contributed by atoms with van der Waals surface area (Å²) in [6.07, 6.45) is 2.44. The highest BCUT2D eigenvalue weighted by atomic mass is 16.5. The molecule has 1 unspecified atom stereocenters. The number of hydrogen-bond donors (Lipinski definition) is 1. The molecule has 132 valence electrons. The number of carbonyl (C=O) groups is 1. The monoisotopic (exact) mass is 341 g/mol. The fourth-order valence-electron chi connectivity index (χ4n) is 3.50. The van der Waals surface area contributed by atoms with E-state index in [2.05, 4.69) is 27.5 Å². The molecule has 1 N–H and O–H groups in total. The quantitative estimate of drug-likeness (QED) is 0.865. The Morgan fingerprint density at radius 2 is 2.12 bits per heavy atom. The van der Waals surface area contributed by atoms with Gasteiger partial charge in [0, 0.05) is 13.0 Å². The van der Waals surface area contributed by atoms with Gasteiger partial charge in [-0.2, -0.15) is 0 Å². The van der Waals surface area contributed by atoms with Crippen LogP contribution in [0.4, 0.5) is 10.7 Å². The molecule has 1 spiro atoms. The first-order valence-electron chi connectivity index (χ1n) is 8.58. The number of amides is 2. The Kier molecular flexibility index (Phi) is 3.57. The molecule has 0 saturated carbocycles. The van der Waals surface area contributed by atoms with Crippen molar-refractivity contribution in [3.05, 3.63) is 41.7 Å². The highest BCUT2D eigenvalue weighted by Crippen LogP contribution is 2.43. The molecule has 2 amide bonds. The number of ether oxygens (including phenoxy) is 1. The first-order valence-corrected chi connectivity index (χ1v) is 8.58. The van der Waals surface area contributed by atoms with E-state index >= 15 is 0 Å². The Balaban J connectivity index is 1.46. The molecule has 0 aliphatic carbocycles. The van der Waals surface area contributed by atoms with E-state index in [1.54, 1.807) is 15.9 Å². The van der Waals surface area contributed by atoms with Gasteiger partial charge in [-0.15, -0.1) is 5.10 Å². The third-order valence-corrected chi connectivity index (χ3v) is 4.93. The fraction of sp³-hybridized carbons (Fsp3) is 0.500. The van der Waals surface area contributed by atoms with Crippen molar-refractivity contribution in [1.29, 1.82) is 0 Å². The second-order valence-corrected chi connectivity index (χ2v) is 7.73. The van der Waals surface area contributed by atoms with Crippen molar-refractivity contribution in [2.24, 2.45) is 0 Å². The Bertz CT molecular complexity index is 810. The summed E-state index contributed by atoms with van der Waals surface area (Å²) < 4.78 is 7.83. The van der Waals surface area contributed by atoms with Crippen molar-refractivity contribution in [2.45, 2.75) is 44.9 Å². The molecule has 3 heterocycles. The van der Waals surface area contributed by atoms with Crippen molar-refractivity contribution in [2.75, 3.05) is 18.4 Å². The Morgan fingerprint density at radius 1 is 1.32 bits per heavy atom. The van der Waals surface area contributed by atoms with Crippen LogP contribution in [0.3, 0.4) is 0 Å². The van der Waals surface area contributed by atoms with Crippen molar-refractivity contribution in [3.63, 3.8) is 0 Å². The normalized spacial score (nSPS) is 22.4. The number of urea groups is 1. The summed E-state index contributed by atoms with van der Waals surface area (Å²) in [5, 5.41) is 7.13. The minimum Gasteiger partial charge on any atom is -0.364 e. The van der Waals surface area contributed by atoms with Crippen molar-refractivity contribution in [1.82, 2.24) is 19.7 Å². The highest BCUT2D eigenvalue weighted by molar-refractivity contribution is 5.87. The third kappa shape index (κ3) is 2.78. The summed E-state index contributed by atoms with van der Waals surface area (Å²) in [6.45, 7) is 7.92. The van der Waals surface area contributed by atoms with E-state index in [1.165, 1.54) is 11.1 Å². The predicted octanol–water partition coefficient (Wildman–Crippen LogP) is 2.70. The van der Waals surface area contributed by atoms with Gasteiger partial charge < -0.3 is 9.64 Å². The number of hydrogen-bond acceptors (Lipinski definition) is 4. The smallest absolute Gasteiger partial charge is 0.324 e. The van der Waals surface area contributed by atoms with E-state index in [0.29, 0.717) is 25.6 Å². The molecule has 1 atom stereocenters. The zero-order valence-corrected chi connectivity index (χ0v) is 14.8. The number of fused-ring (bicyclic) bond motifs is 2. The van der Waals surface area contributed by atoms with Crippen molar-refractivity contribution >= 4 is 12.0 Å². The summed E-state index contributed by atoms with van der Waals surface area (Å²) in [5.74, 6) is 0.327. The first-order chi connectivity index (χ1) is 11.9. The Hall–Kier alpha value is -2.41. The summed E-state index contributed by atoms with van der Waals surface area (Å²) >= 11 is 0. The van der Waals surface area contributed by atoms with Crippen LogP contribution in [0.1, 0.15) is 38.3 Å². The SMILES string of the molecule is CC(C)(C)n1cnc(NC(=O)N2CCC3(C2)OCc2ccccc23)n1. The standard InChI is InChI=1S/C18H23N5O2/c1-17(2,3)23-12-19-15(21-23)20-16(24)22-9-8-18(11-22)14-7-5-4-6-13(14)10-25-18/h4-7,12H,8-11H2,1-3H3,(H,20,21,24). The summed E-state index contributed by atoms with van der Waals surface area (Å²) in [7, 11) is 0. The summed E-state index contributed by atoms with van der Waals surface area (Å²) in [4.78, 5) is 18.6. The Morgan fingerprint density at radius 3 is 2.88 bits per heavy atom. The zero-order chi connectivity index (χ0) is 17.7. The molecule has 2 aromatic rings. The van der Waals surface area contributed by atoms with Crippen LogP contribution < -0.4 is 5.32 Å². The lowest BCUT2D eigenvalue weighted by Crippen LogP contribution is -2.37. The van der Waals surface area contributed by atoms with Gasteiger partial charge in [-0.25, -0.2) is 14.5 Å². The van der Waals surface area contributed by atoms with Gasteiger partial charge in [0.1, 0.15) is 11.9 Å². The summed E-state index contributed by atoms with van der Waals surface area (Å²) in [6, 6.07) is 8.07. The van der Waals surface area contributed by atoms with E-state index in [0.717, 1.165) is 6.42 Å². The van der Waals surface area contributed by atoms with Crippen LogP contribution in [0.15, 0.2) is 30.6 Å². The number of nitrogens with one attached hydrogen (secondary N) is 1. The molecule has 1 aromatic heterocycles. The average molecular weight is 341 g/mol. The molecule has 0 bridgehead atoms. The van der Waals surface area contributed by atoms with Gasteiger partial charge in [-0.05, 0) is 31.9 Å². The van der Waals surface area contributed by atoms with Gasteiger partial charge in [-0.3, -0.25) is 5.32 Å². The van der Waals surface area contributed by atoms with Crippen molar-refractivity contribution < 1.29 is 9.53 Å². The number of benzene rings is 1. The van der Waals surface area contributed by atoms with Gasteiger partial charge in [0.05, 0.1) is 18.7 Å². The maximum absolute atomic E-state index is 12.6. The van der Waals surface area contributed by atoms with Crippen molar-refractivity contribution in [3.8, 4) is 0 Å². The van der Waals surface area contributed by atoms with Gasteiger partial charge >= 0.3 is 6.03 Å². The minimum absolute atomic E-state index is 0.172. The van der Waals surface area contributed by atoms with E-state index in [1.807, 2.05) is 32.9 Å². The molecule has 1 fully saturated rings. The van der Waals surface area contributed by atoms with Gasteiger partial charge in [0.25, 0.3) is 0 Å². The lowest BCUT2D eigenvalue weighted by molar-refractivity contribution is -0.0269. The third-order valence-electron chi connectivity index (χ3n) is 4.93. The molecule has 1 saturated heterocycles. The average Bonchev–Trinajstić information content (AvgIpc) is 3.28. The molecular formula is C18H23N5O2. The number of anilines is 1. The van der Waals surface area contributed by atoms with Gasteiger partial charge in [-0.1, -0.05) is 24.3 Å². The molecule has 2 aliphatic rings. The molecule has 7 nitrogen and oxygen atoms in total. The van der Waals surface area contributed by atoms with E-state index < -0.39 is 0 Å². The van der Waals surface area contributed by atoms with E-state index in [4.69, 9.17) is 4.74 Å². The maximum Gasteiger partial charge on any atom is 0.324 e. The minimum atomic E-state index is -0.369. The molecule has 2 aliphatic heterocycles. The number of carbonyl (C=O) groups excluding carboxylic acids is 1. The Labute approximate surface area is 147 Å². The fourth-order valence-corrected chi connectivity index (χ4v) is 3.50. The van der Waals surface area contributed by atoms with E-state index in [-0.39, 0.29) is 17.2 Å². The summed E-state index contributed by atoms with van der Waals surface area (Å²) in [5.41, 5.74) is 1.89. The lowest BCUT2D eigenvalue weighted by atomic mass is 9.92. The molecule has 7 heteroatoms. The largest absolute Gasteiger partial charge is 0.364 e. The van der Waals surface area contributed by atoms with Crippen LogP contribution in [-0.4, -0.2) is 38.8 Å². The number of nitrogens with zero attached hydrogens (tertiary/aromatic N) is 4.